The van der Waals surface area contributed by atoms with Crippen LogP contribution in [0.5, 0.6) is 0 Å². The summed E-state index contributed by atoms with van der Waals surface area (Å²) in [5.74, 6) is -0.0909. The Morgan fingerprint density at radius 1 is 1.14 bits per heavy atom. The van der Waals surface area contributed by atoms with Crippen LogP contribution in [-0.4, -0.2) is 17.6 Å². The number of carbonyl (C=O) groups excluding carboxylic acids is 1. The van der Waals surface area contributed by atoms with E-state index in [2.05, 4.69) is 5.32 Å². The molecular weight excluding hydrogens is 262 g/mol. The minimum absolute atomic E-state index is 0.0909. The lowest BCUT2D eigenvalue weighted by Gasteiger charge is -2.09. The second-order valence-corrected chi connectivity index (χ2v) is 5.30. The summed E-state index contributed by atoms with van der Waals surface area (Å²) in [6, 6.07) is 13.6. The molecule has 2 N–H and O–H groups in total. The van der Waals surface area contributed by atoms with Crippen LogP contribution in [0.1, 0.15) is 33.5 Å². The van der Waals surface area contributed by atoms with Crippen molar-refractivity contribution < 1.29 is 9.90 Å². The van der Waals surface area contributed by atoms with E-state index in [9.17, 15) is 4.79 Å². The highest BCUT2D eigenvalue weighted by Gasteiger charge is 2.09. The highest BCUT2D eigenvalue weighted by Crippen LogP contribution is 2.16. The maximum atomic E-state index is 12.3. The predicted octanol–water partition coefficient (Wildman–Crippen LogP) is 3.48. The van der Waals surface area contributed by atoms with E-state index in [0.717, 1.165) is 35.2 Å². The van der Waals surface area contributed by atoms with Crippen LogP contribution in [0.3, 0.4) is 0 Å². The summed E-state index contributed by atoms with van der Waals surface area (Å²) in [5.41, 5.74) is 4.72. The van der Waals surface area contributed by atoms with E-state index >= 15 is 0 Å². The van der Waals surface area contributed by atoms with Gasteiger partial charge in [-0.2, -0.15) is 0 Å². The van der Waals surface area contributed by atoms with Gasteiger partial charge in [0.25, 0.3) is 5.91 Å². The van der Waals surface area contributed by atoms with E-state index in [1.54, 1.807) is 0 Å². The molecule has 1 amide bonds. The molecule has 2 rings (SSSR count). The van der Waals surface area contributed by atoms with Crippen LogP contribution >= 0.6 is 0 Å². The third-order valence-electron chi connectivity index (χ3n) is 3.43. The van der Waals surface area contributed by atoms with Crippen molar-refractivity contribution in [3.8, 4) is 0 Å². The molecule has 110 valence electrons. The molecule has 21 heavy (non-hydrogen) atoms. The summed E-state index contributed by atoms with van der Waals surface area (Å²) in [5, 5.41) is 11.8. The van der Waals surface area contributed by atoms with E-state index < -0.39 is 0 Å². The zero-order valence-electron chi connectivity index (χ0n) is 12.5. The monoisotopic (exact) mass is 283 g/mol. The van der Waals surface area contributed by atoms with E-state index in [1.807, 2.05) is 56.3 Å². The Morgan fingerprint density at radius 2 is 1.95 bits per heavy atom. The van der Waals surface area contributed by atoms with Gasteiger partial charge < -0.3 is 10.4 Å². The van der Waals surface area contributed by atoms with Crippen molar-refractivity contribution in [2.45, 2.75) is 26.7 Å². The minimum Gasteiger partial charge on any atom is -0.396 e. The van der Waals surface area contributed by atoms with Crippen LogP contribution in [0.15, 0.2) is 42.5 Å². The number of hydrogen-bond acceptors (Lipinski definition) is 2. The van der Waals surface area contributed by atoms with Crippen LogP contribution in [-0.2, 0) is 6.42 Å². The van der Waals surface area contributed by atoms with Crippen LogP contribution in [0.2, 0.25) is 0 Å². The second-order valence-electron chi connectivity index (χ2n) is 5.30. The highest BCUT2D eigenvalue weighted by molar-refractivity contribution is 6.05. The SMILES string of the molecule is Cc1ccc(C(=O)Nc2cccc(CCCO)c2)c(C)c1. The molecule has 0 fully saturated rings. The lowest BCUT2D eigenvalue weighted by Crippen LogP contribution is -2.13. The smallest absolute Gasteiger partial charge is 0.255 e. The lowest BCUT2D eigenvalue weighted by molar-refractivity contribution is 0.102. The predicted molar refractivity (Wildman–Crippen MR) is 85.7 cm³/mol. The molecule has 0 saturated heterocycles. The van der Waals surface area contributed by atoms with Gasteiger partial charge in [0, 0.05) is 17.9 Å². The lowest BCUT2D eigenvalue weighted by atomic mass is 10.0. The van der Waals surface area contributed by atoms with Gasteiger partial charge in [-0.1, -0.05) is 29.8 Å². The Hall–Kier alpha value is -2.13. The van der Waals surface area contributed by atoms with Crippen LogP contribution < -0.4 is 5.32 Å². The van der Waals surface area contributed by atoms with Gasteiger partial charge in [-0.15, -0.1) is 0 Å². The highest BCUT2D eigenvalue weighted by atomic mass is 16.2. The molecule has 0 bridgehead atoms. The largest absolute Gasteiger partial charge is 0.396 e. The Balaban J connectivity index is 2.12. The summed E-state index contributed by atoms with van der Waals surface area (Å²) >= 11 is 0. The zero-order valence-corrected chi connectivity index (χ0v) is 12.5. The van der Waals surface area contributed by atoms with Crippen molar-refractivity contribution >= 4 is 11.6 Å². The molecule has 0 saturated carbocycles. The maximum absolute atomic E-state index is 12.3. The third kappa shape index (κ3) is 4.17. The molecular formula is C18H21NO2. The van der Waals surface area contributed by atoms with Crippen molar-refractivity contribution in [2.24, 2.45) is 0 Å². The van der Waals surface area contributed by atoms with Crippen LogP contribution in [0.25, 0.3) is 0 Å². The van der Waals surface area contributed by atoms with Gasteiger partial charge in [0.05, 0.1) is 0 Å². The van der Waals surface area contributed by atoms with Crippen LogP contribution in [0.4, 0.5) is 5.69 Å². The Bertz CT molecular complexity index is 635. The zero-order chi connectivity index (χ0) is 15.2. The summed E-state index contributed by atoms with van der Waals surface area (Å²) in [7, 11) is 0. The average Bonchev–Trinajstić information content (AvgIpc) is 2.45. The summed E-state index contributed by atoms with van der Waals surface area (Å²) in [4.78, 5) is 12.3. The maximum Gasteiger partial charge on any atom is 0.255 e. The number of hydrogen-bond donors (Lipinski definition) is 2. The normalized spacial score (nSPS) is 10.4. The van der Waals surface area contributed by atoms with Gasteiger partial charge in [-0.3, -0.25) is 4.79 Å². The molecule has 3 heteroatoms. The molecule has 0 aliphatic rings. The number of amides is 1. The summed E-state index contributed by atoms with van der Waals surface area (Å²) < 4.78 is 0. The van der Waals surface area contributed by atoms with Gasteiger partial charge in [0.1, 0.15) is 0 Å². The Labute approximate surface area is 125 Å². The molecule has 0 unspecified atom stereocenters. The van der Waals surface area contributed by atoms with Gasteiger partial charge in [-0.25, -0.2) is 0 Å². The van der Waals surface area contributed by atoms with E-state index in [0.29, 0.717) is 5.56 Å². The molecule has 2 aromatic rings. The number of carbonyl (C=O) groups is 1. The number of aryl methyl sites for hydroxylation is 3. The van der Waals surface area contributed by atoms with Crippen molar-refractivity contribution in [1.29, 1.82) is 0 Å². The van der Waals surface area contributed by atoms with Gasteiger partial charge >= 0.3 is 0 Å². The summed E-state index contributed by atoms with van der Waals surface area (Å²) in [6.07, 6.45) is 1.54. The Kier molecular flexibility index (Phi) is 5.12. The first-order valence-corrected chi connectivity index (χ1v) is 7.18. The molecule has 2 aromatic carbocycles. The standard InChI is InChI=1S/C18H21NO2/c1-13-8-9-17(14(2)11-13)18(21)19-16-7-3-5-15(12-16)6-4-10-20/h3,5,7-9,11-12,20H,4,6,10H2,1-2H3,(H,19,21). The number of anilines is 1. The molecule has 0 radical (unpaired) electrons. The van der Waals surface area contributed by atoms with Crippen molar-refractivity contribution in [2.75, 3.05) is 11.9 Å². The molecule has 0 aromatic heterocycles. The number of aliphatic hydroxyl groups excluding tert-OH is 1. The fraction of sp³-hybridized carbons (Fsp3) is 0.278. The molecule has 0 atom stereocenters. The topological polar surface area (TPSA) is 49.3 Å². The first-order valence-electron chi connectivity index (χ1n) is 7.18. The van der Waals surface area contributed by atoms with E-state index in [-0.39, 0.29) is 12.5 Å². The first kappa shape index (κ1) is 15.3. The number of rotatable bonds is 5. The second kappa shape index (κ2) is 7.04. The van der Waals surface area contributed by atoms with Crippen molar-refractivity contribution in [1.82, 2.24) is 0 Å². The number of nitrogens with one attached hydrogen (secondary N) is 1. The number of benzene rings is 2. The molecule has 3 nitrogen and oxygen atoms in total. The molecule has 0 aliphatic carbocycles. The Morgan fingerprint density at radius 3 is 2.67 bits per heavy atom. The molecule has 0 heterocycles. The fourth-order valence-corrected chi connectivity index (χ4v) is 2.35. The van der Waals surface area contributed by atoms with Gasteiger partial charge in [0.15, 0.2) is 0 Å². The minimum atomic E-state index is -0.0909. The molecule has 0 spiro atoms. The quantitative estimate of drug-likeness (QED) is 0.882. The van der Waals surface area contributed by atoms with Gasteiger partial charge in [-0.05, 0) is 56.0 Å². The third-order valence-corrected chi connectivity index (χ3v) is 3.43. The fourth-order valence-electron chi connectivity index (χ4n) is 2.35. The molecule has 0 aliphatic heterocycles. The van der Waals surface area contributed by atoms with E-state index in [4.69, 9.17) is 5.11 Å². The van der Waals surface area contributed by atoms with Crippen LogP contribution in [0, 0.1) is 13.8 Å². The van der Waals surface area contributed by atoms with Crippen molar-refractivity contribution in [3.63, 3.8) is 0 Å². The average molecular weight is 283 g/mol. The summed E-state index contributed by atoms with van der Waals surface area (Å²) in [6.45, 7) is 4.14. The van der Waals surface area contributed by atoms with Gasteiger partial charge in [0.2, 0.25) is 0 Å². The number of aliphatic hydroxyl groups is 1. The first-order chi connectivity index (χ1) is 10.1. The van der Waals surface area contributed by atoms with Crippen molar-refractivity contribution in [3.05, 3.63) is 64.7 Å². The van der Waals surface area contributed by atoms with E-state index in [1.165, 1.54) is 0 Å².